The van der Waals surface area contributed by atoms with Crippen LogP contribution in [0.1, 0.15) is 27.2 Å². The largest absolute Gasteiger partial charge is 0.467 e. The highest BCUT2D eigenvalue weighted by atomic mass is 35.5. The van der Waals surface area contributed by atoms with Gasteiger partial charge < -0.3 is 15.2 Å². The number of nitrogens with one attached hydrogen (secondary N) is 1. The summed E-state index contributed by atoms with van der Waals surface area (Å²) in [4.78, 5) is 7.95. The highest BCUT2D eigenvalue weighted by Crippen LogP contribution is 2.23. The summed E-state index contributed by atoms with van der Waals surface area (Å²) >= 11 is 5.95. The first-order valence-electron chi connectivity index (χ1n) is 5.80. The fourth-order valence-electron chi connectivity index (χ4n) is 1.57. The van der Waals surface area contributed by atoms with E-state index in [2.05, 4.69) is 36.1 Å². The second-order valence-electron chi connectivity index (χ2n) is 5.35. The molecule has 0 aliphatic carbocycles. The number of ether oxygens (including phenoxy) is 1. The molecule has 0 fully saturated rings. The van der Waals surface area contributed by atoms with Crippen LogP contribution in [0.2, 0.25) is 5.02 Å². The number of halogens is 1. The average molecular weight is 274 g/mol. The number of aliphatic hydroxyl groups is 1. The lowest BCUT2D eigenvalue weighted by molar-refractivity contribution is 0.132. The van der Waals surface area contributed by atoms with Gasteiger partial charge in [0.05, 0.1) is 19.4 Å². The third-order valence-electron chi connectivity index (χ3n) is 2.26. The van der Waals surface area contributed by atoms with Gasteiger partial charge in [-0.25, -0.2) is 4.98 Å². The number of aromatic nitrogens is 2. The summed E-state index contributed by atoms with van der Waals surface area (Å²) in [6.07, 6.45) is 1.70. The zero-order chi connectivity index (χ0) is 13.8. The van der Waals surface area contributed by atoms with Crippen LogP contribution < -0.4 is 10.1 Å². The van der Waals surface area contributed by atoms with Gasteiger partial charge in [-0.3, -0.25) is 0 Å². The molecule has 0 aliphatic rings. The third kappa shape index (κ3) is 5.06. The third-order valence-corrected chi connectivity index (χ3v) is 2.53. The predicted octanol–water partition coefficient (Wildman–Crippen LogP) is 2.35. The number of anilines is 1. The van der Waals surface area contributed by atoms with Crippen molar-refractivity contribution >= 4 is 17.4 Å². The molecule has 0 saturated heterocycles. The van der Waals surface area contributed by atoms with Crippen molar-refractivity contribution in [3.63, 3.8) is 0 Å². The predicted molar refractivity (Wildman–Crippen MR) is 72.2 cm³/mol. The summed E-state index contributed by atoms with van der Waals surface area (Å²) < 4.78 is 4.91. The zero-order valence-corrected chi connectivity index (χ0v) is 12.0. The summed E-state index contributed by atoms with van der Waals surface area (Å²) in [7, 11) is 1.49. The van der Waals surface area contributed by atoms with Crippen molar-refractivity contribution in [1.29, 1.82) is 0 Å². The maximum atomic E-state index is 9.88. The Morgan fingerprint density at radius 1 is 1.50 bits per heavy atom. The van der Waals surface area contributed by atoms with Crippen LogP contribution in [0.3, 0.4) is 0 Å². The topological polar surface area (TPSA) is 67.3 Å². The van der Waals surface area contributed by atoms with Crippen LogP contribution in [0.15, 0.2) is 6.20 Å². The van der Waals surface area contributed by atoms with Crippen molar-refractivity contribution in [2.24, 2.45) is 5.41 Å². The molecule has 0 spiro atoms. The minimum atomic E-state index is -0.456. The highest BCUT2D eigenvalue weighted by molar-refractivity contribution is 6.32. The second-order valence-corrected chi connectivity index (χ2v) is 5.76. The van der Waals surface area contributed by atoms with Gasteiger partial charge in [0, 0.05) is 6.54 Å². The van der Waals surface area contributed by atoms with Gasteiger partial charge in [-0.1, -0.05) is 32.4 Å². The van der Waals surface area contributed by atoms with Crippen molar-refractivity contribution in [3.8, 4) is 6.01 Å². The van der Waals surface area contributed by atoms with Crippen LogP contribution >= 0.6 is 11.6 Å². The molecule has 18 heavy (non-hydrogen) atoms. The fourth-order valence-corrected chi connectivity index (χ4v) is 1.72. The molecule has 5 nitrogen and oxygen atoms in total. The van der Waals surface area contributed by atoms with Crippen LogP contribution in [0.25, 0.3) is 0 Å². The number of rotatable bonds is 5. The molecule has 1 rings (SSSR count). The molecule has 0 saturated carbocycles. The Hall–Kier alpha value is -1.07. The van der Waals surface area contributed by atoms with Gasteiger partial charge in [-0.05, 0) is 11.8 Å². The molecule has 2 N–H and O–H groups in total. The van der Waals surface area contributed by atoms with E-state index in [1.54, 1.807) is 0 Å². The molecule has 1 atom stereocenters. The second kappa shape index (κ2) is 6.20. The number of nitrogens with zero attached hydrogens (tertiary/aromatic N) is 2. The molecular formula is C12H20ClN3O2. The van der Waals surface area contributed by atoms with E-state index in [1.165, 1.54) is 13.3 Å². The van der Waals surface area contributed by atoms with E-state index < -0.39 is 6.10 Å². The summed E-state index contributed by atoms with van der Waals surface area (Å²) in [5.41, 5.74) is 0.0776. The normalized spacial score (nSPS) is 13.2. The van der Waals surface area contributed by atoms with Crippen LogP contribution in [-0.4, -0.2) is 34.8 Å². The van der Waals surface area contributed by atoms with E-state index >= 15 is 0 Å². The summed E-state index contributed by atoms with van der Waals surface area (Å²) in [5, 5.41) is 13.3. The van der Waals surface area contributed by atoms with E-state index in [0.717, 1.165) is 0 Å². The molecule has 0 amide bonds. The van der Waals surface area contributed by atoms with Crippen molar-refractivity contribution in [2.45, 2.75) is 33.3 Å². The highest BCUT2D eigenvalue weighted by Gasteiger charge is 2.17. The van der Waals surface area contributed by atoms with Crippen molar-refractivity contribution in [2.75, 3.05) is 19.0 Å². The SMILES string of the molecule is COc1ncc(Cl)c(NCC(O)CC(C)(C)C)n1. The molecule has 0 aromatic carbocycles. The smallest absolute Gasteiger partial charge is 0.318 e. The molecule has 6 heteroatoms. The standard InChI is InChI=1S/C12H20ClN3O2/c1-12(2,3)5-8(17)6-14-10-9(13)7-15-11(16-10)18-4/h7-8,17H,5-6H2,1-4H3,(H,14,15,16). The van der Waals surface area contributed by atoms with Gasteiger partial charge in [-0.2, -0.15) is 4.98 Å². The molecule has 1 aromatic heterocycles. The molecule has 1 unspecified atom stereocenters. The van der Waals surface area contributed by atoms with Crippen LogP contribution in [0, 0.1) is 5.41 Å². The zero-order valence-electron chi connectivity index (χ0n) is 11.2. The number of hydrogen-bond donors (Lipinski definition) is 2. The van der Waals surface area contributed by atoms with Crippen molar-refractivity contribution in [1.82, 2.24) is 9.97 Å². The number of methoxy groups -OCH3 is 1. The van der Waals surface area contributed by atoms with E-state index in [9.17, 15) is 5.11 Å². The average Bonchev–Trinajstić information content (AvgIpc) is 2.25. The van der Waals surface area contributed by atoms with Gasteiger partial charge in [0.25, 0.3) is 0 Å². The molecule has 102 valence electrons. The molecule has 0 aliphatic heterocycles. The van der Waals surface area contributed by atoms with E-state index in [-0.39, 0.29) is 11.4 Å². The van der Waals surface area contributed by atoms with E-state index in [1.807, 2.05) is 0 Å². The van der Waals surface area contributed by atoms with Gasteiger partial charge in [0.1, 0.15) is 5.02 Å². The first-order chi connectivity index (χ1) is 8.31. The Balaban J connectivity index is 2.57. The van der Waals surface area contributed by atoms with Gasteiger partial charge in [0.15, 0.2) is 5.82 Å². The van der Waals surface area contributed by atoms with E-state index in [4.69, 9.17) is 16.3 Å². The first kappa shape index (κ1) is 15.0. The summed E-state index contributed by atoms with van der Waals surface area (Å²) in [5.74, 6) is 0.469. The lowest BCUT2D eigenvalue weighted by Gasteiger charge is -2.22. The Morgan fingerprint density at radius 3 is 2.72 bits per heavy atom. The van der Waals surface area contributed by atoms with Crippen molar-refractivity contribution in [3.05, 3.63) is 11.2 Å². The van der Waals surface area contributed by atoms with Gasteiger partial charge in [-0.15, -0.1) is 0 Å². The molecule has 1 aromatic rings. The summed E-state index contributed by atoms with van der Waals surface area (Å²) in [6.45, 7) is 6.63. The Bertz CT molecular complexity index is 393. The maximum Gasteiger partial charge on any atom is 0.318 e. The quantitative estimate of drug-likeness (QED) is 0.862. The van der Waals surface area contributed by atoms with Gasteiger partial charge in [0.2, 0.25) is 0 Å². The number of aliphatic hydroxyl groups excluding tert-OH is 1. The minimum absolute atomic E-state index is 0.0776. The first-order valence-corrected chi connectivity index (χ1v) is 6.18. The Labute approximate surface area is 113 Å². The molecule has 0 bridgehead atoms. The van der Waals surface area contributed by atoms with Crippen molar-refractivity contribution < 1.29 is 9.84 Å². The lowest BCUT2D eigenvalue weighted by atomic mass is 9.89. The van der Waals surface area contributed by atoms with Crippen LogP contribution in [0.4, 0.5) is 5.82 Å². The van der Waals surface area contributed by atoms with Crippen LogP contribution in [0.5, 0.6) is 6.01 Å². The lowest BCUT2D eigenvalue weighted by Crippen LogP contribution is -2.25. The monoisotopic (exact) mass is 273 g/mol. The Kier molecular flexibility index (Phi) is 5.16. The Morgan fingerprint density at radius 2 is 2.17 bits per heavy atom. The number of hydrogen-bond acceptors (Lipinski definition) is 5. The molecule has 1 heterocycles. The minimum Gasteiger partial charge on any atom is -0.467 e. The van der Waals surface area contributed by atoms with Crippen LogP contribution in [-0.2, 0) is 0 Å². The maximum absolute atomic E-state index is 9.88. The molecule has 0 radical (unpaired) electrons. The van der Waals surface area contributed by atoms with E-state index in [0.29, 0.717) is 23.8 Å². The summed E-state index contributed by atoms with van der Waals surface area (Å²) in [6, 6.07) is 0.243. The fraction of sp³-hybridized carbons (Fsp3) is 0.667. The van der Waals surface area contributed by atoms with Gasteiger partial charge >= 0.3 is 6.01 Å². The molecular weight excluding hydrogens is 254 g/mol.